The van der Waals surface area contributed by atoms with Crippen molar-refractivity contribution in [2.24, 2.45) is 5.73 Å². The highest BCUT2D eigenvalue weighted by molar-refractivity contribution is 5.81. The first-order valence-corrected chi connectivity index (χ1v) is 6.10. The number of primary amides is 1. The van der Waals surface area contributed by atoms with E-state index in [-0.39, 0.29) is 25.5 Å². The summed E-state index contributed by atoms with van der Waals surface area (Å²) in [5.41, 5.74) is 5.68. The van der Waals surface area contributed by atoms with E-state index in [0.29, 0.717) is 5.56 Å². The summed E-state index contributed by atoms with van der Waals surface area (Å²) in [5, 5.41) is 11.2. The largest absolute Gasteiger partial charge is 0.480 e. The highest BCUT2D eigenvalue weighted by Gasteiger charge is 2.15. The first kappa shape index (κ1) is 16.6. The lowest BCUT2D eigenvalue weighted by molar-refractivity contribution is -0.139. The predicted octanol–water partition coefficient (Wildman–Crippen LogP) is -0.686. The number of carboxylic acids is 1. The topological polar surface area (TPSA) is 113 Å². The molecular formula is C13H16FN3O4. The average Bonchev–Trinajstić information content (AvgIpc) is 2.36. The zero-order valence-electron chi connectivity index (χ0n) is 11.2. The number of aliphatic carboxylic acids is 1. The predicted molar refractivity (Wildman–Crippen MR) is 71.5 cm³/mol. The third-order valence-corrected chi connectivity index (χ3v) is 2.51. The molecule has 8 heteroatoms. The summed E-state index contributed by atoms with van der Waals surface area (Å²) in [6.07, 6.45) is 0. The van der Waals surface area contributed by atoms with Gasteiger partial charge in [-0.15, -0.1) is 0 Å². The Morgan fingerprint density at radius 3 is 2.29 bits per heavy atom. The summed E-state index contributed by atoms with van der Waals surface area (Å²) < 4.78 is 12.7. The van der Waals surface area contributed by atoms with E-state index < -0.39 is 24.3 Å². The second-order valence-electron chi connectivity index (χ2n) is 4.41. The fraction of sp³-hybridized carbons (Fsp3) is 0.308. The number of hydrogen-bond donors (Lipinski definition) is 3. The van der Waals surface area contributed by atoms with Gasteiger partial charge in [0.2, 0.25) is 11.8 Å². The number of nitrogens with one attached hydrogen (secondary N) is 1. The molecule has 4 N–H and O–H groups in total. The van der Waals surface area contributed by atoms with Crippen LogP contribution >= 0.6 is 0 Å². The Kier molecular flexibility index (Phi) is 6.28. The van der Waals surface area contributed by atoms with Crippen molar-refractivity contribution in [2.45, 2.75) is 6.54 Å². The molecule has 0 fully saturated rings. The molecule has 0 saturated carbocycles. The number of hydrogen-bond acceptors (Lipinski definition) is 4. The van der Waals surface area contributed by atoms with Crippen LogP contribution in [0.4, 0.5) is 4.39 Å². The molecule has 0 heterocycles. The Morgan fingerprint density at radius 2 is 1.76 bits per heavy atom. The quantitative estimate of drug-likeness (QED) is 0.588. The monoisotopic (exact) mass is 297 g/mol. The highest BCUT2D eigenvalue weighted by atomic mass is 19.1. The van der Waals surface area contributed by atoms with Gasteiger partial charge in [0.15, 0.2) is 0 Å². The molecule has 1 aromatic carbocycles. The van der Waals surface area contributed by atoms with E-state index >= 15 is 0 Å². The molecule has 0 aliphatic heterocycles. The van der Waals surface area contributed by atoms with Crippen LogP contribution in [0.2, 0.25) is 0 Å². The van der Waals surface area contributed by atoms with Crippen LogP contribution in [0.15, 0.2) is 24.3 Å². The standard InChI is InChI=1S/C13H16FN3O4/c14-10-3-1-9(2-4-10)5-16-12(19)7-17(6-11(15)18)8-13(20)21/h1-4H,5-8H2,(H2,15,18)(H,16,19)(H,20,21). The maximum Gasteiger partial charge on any atom is 0.317 e. The van der Waals surface area contributed by atoms with Gasteiger partial charge < -0.3 is 16.2 Å². The maximum atomic E-state index is 12.7. The highest BCUT2D eigenvalue weighted by Crippen LogP contribution is 2.02. The molecular weight excluding hydrogens is 281 g/mol. The van der Waals surface area contributed by atoms with Gasteiger partial charge in [-0.1, -0.05) is 12.1 Å². The summed E-state index contributed by atoms with van der Waals surface area (Å²) in [5.74, 6) is -2.72. The zero-order chi connectivity index (χ0) is 15.8. The second kappa shape index (κ2) is 7.95. The van der Waals surface area contributed by atoms with Crippen LogP contribution in [0.5, 0.6) is 0 Å². The molecule has 114 valence electrons. The maximum absolute atomic E-state index is 12.7. The summed E-state index contributed by atoms with van der Waals surface area (Å²) in [6, 6.07) is 5.58. The second-order valence-corrected chi connectivity index (χ2v) is 4.41. The zero-order valence-corrected chi connectivity index (χ0v) is 11.2. The van der Waals surface area contributed by atoms with E-state index in [4.69, 9.17) is 10.8 Å². The van der Waals surface area contributed by atoms with E-state index in [2.05, 4.69) is 5.32 Å². The SMILES string of the molecule is NC(=O)CN(CC(=O)O)CC(=O)NCc1ccc(F)cc1. The number of carboxylic acid groups (broad SMARTS) is 1. The number of nitrogens with zero attached hydrogens (tertiary/aromatic N) is 1. The molecule has 0 radical (unpaired) electrons. The van der Waals surface area contributed by atoms with Crippen LogP contribution in [0.25, 0.3) is 0 Å². The lowest BCUT2D eigenvalue weighted by Crippen LogP contribution is -2.43. The number of amides is 2. The normalized spacial score (nSPS) is 10.4. The van der Waals surface area contributed by atoms with Gasteiger partial charge in [0.25, 0.3) is 0 Å². The van der Waals surface area contributed by atoms with Crippen molar-refractivity contribution in [3.8, 4) is 0 Å². The van der Waals surface area contributed by atoms with Crippen LogP contribution in [0, 0.1) is 5.82 Å². The van der Waals surface area contributed by atoms with E-state index in [1.807, 2.05) is 0 Å². The van der Waals surface area contributed by atoms with Gasteiger partial charge in [0.1, 0.15) is 5.82 Å². The Morgan fingerprint density at radius 1 is 1.14 bits per heavy atom. The minimum atomic E-state index is -1.16. The fourth-order valence-electron chi connectivity index (χ4n) is 1.64. The van der Waals surface area contributed by atoms with E-state index in [9.17, 15) is 18.8 Å². The van der Waals surface area contributed by atoms with Crippen molar-refractivity contribution in [2.75, 3.05) is 19.6 Å². The molecule has 7 nitrogen and oxygen atoms in total. The first-order valence-electron chi connectivity index (χ1n) is 6.10. The molecule has 21 heavy (non-hydrogen) atoms. The minimum Gasteiger partial charge on any atom is -0.480 e. The van der Waals surface area contributed by atoms with Crippen LogP contribution in [0.1, 0.15) is 5.56 Å². The fourth-order valence-corrected chi connectivity index (χ4v) is 1.64. The first-order chi connectivity index (χ1) is 9.86. The summed E-state index contributed by atoms with van der Waals surface area (Å²) in [4.78, 5) is 34.2. The van der Waals surface area contributed by atoms with E-state index in [1.165, 1.54) is 24.3 Å². The molecule has 0 saturated heterocycles. The van der Waals surface area contributed by atoms with Crippen molar-refractivity contribution in [1.82, 2.24) is 10.2 Å². The van der Waals surface area contributed by atoms with Gasteiger partial charge in [0.05, 0.1) is 19.6 Å². The molecule has 2 amide bonds. The average molecular weight is 297 g/mol. The number of rotatable bonds is 8. The Bertz CT molecular complexity index is 503. The van der Waals surface area contributed by atoms with Gasteiger partial charge >= 0.3 is 5.97 Å². The Balaban J connectivity index is 2.47. The number of nitrogens with two attached hydrogens (primary N) is 1. The molecule has 1 rings (SSSR count). The van der Waals surface area contributed by atoms with Crippen LogP contribution in [-0.4, -0.2) is 47.4 Å². The smallest absolute Gasteiger partial charge is 0.317 e. The Hall–Kier alpha value is -2.48. The third kappa shape index (κ3) is 7.02. The van der Waals surface area contributed by atoms with Crippen molar-refractivity contribution >= 4 is 17.8 Å². The molecule has 0 aliphatic rings. The van der Waals surface area contributed by atoms with Crippen LogP contribution < -0.4 is 11.1 Å². The lowest BCUT2D eigenvalue weighted by Gasteiger charge is -2.17. The molecule has 0 unspecified atom stereocenters. The molecule has 0 bridgehead atoms. The number of halogens is 1. The molecule has 0 atom stereocenters. The van der Waals surface area contributed by atoms with Gasteiger partial charge in [-0.3, -0.25) is 19.3 Å². The number of carbonyl (C=O) groups is 3. The third-order valence-electron chi connectivity index (χ3n) is 2.51. The van der Waals surface area contributed by atoms with Gasteiger partial charge in [-0.05, 0) is 17.7 Å². The Labute approximate surface area is 120 Å². The molecule has 1 aromatic rings. The number of benzene rings is 1. The molecule has 0 aromatic heterocycles. The number of carbonyl (C=O) groups excluding carboxylic acids is 2. The van der Waals surface area contributed by atoms with E-state index in [0.717, 1.165) is 4.90 Å². The van der Waals surface area contributed by atoms with Crippen molar-refractivity contribution in [1.29, 1.82) is 0 Å². The molecule has 0 spiro atoms. The van der Waals surface area contributed by atoms with Gasteiger partial charge in [-0.2, -0.15) is 0 Å². The van der Waals surface area contributed by atoms with Crippen LogP contribution in [-0.2, 0) is 20.9 Å². The van der Waals surface area contributed by atoms with E-state index in [1.54, 1.807) is 0 Å². The van der Waals surface area contributed by atoms with Crippen LogP contribution in [0.3, 0.4) is 0 Å². The summed E-state index contributed by atoms with van der Waals surface area (Å²) in [6.45, 7) is -0.879. The minimum absolute atomic E-state index is 0.177. The van der Waals surface area contributed by atoms with Crippen molar-refractivity contribution in [3.05, 3.63) is 35.6 Å². The van der Waals surface area contributed by atoms with Gasteiger partial charge in [0, 0.05) is 6.54 Å². The molecule has 0 aliphatic carbocycles. The summed E-state index contributed by atoms with van der Waals surface area (Å²) in [7, 11) is 0. The van der Waals surface area contributed by atoms with Gasteiger partial charge in [-0.25, -0.2) is 4.39 Å². The van der Waals surface area contributed by atoms with Crippen molar-refractivity contribution < 1.29 is 23.9 Å². The summed E-state index contributed by atoms with van der Waals surface area (Å²) >= 11 is 0. The lowest BCUT2D eigenvalue weighted by atomic mass is 10.2. The van der Waals surface area contributed by atoms with Crippen molar-refractivity contribution in [3.63, 3.8) is 0 Å².